The molecular formula is C39H64O8. The van der Waals surface area contributed by atoms with Crippen LogP contribution in [0.3, 0.4) is 0 Å². The zero-order chi connectivity index (χ0) is 34.5. The van der Waals surface area contributed by atoms with E-state index in [0.717, 1.165) is 77.0 Å². The Morgan fingerprint density at radius 2 is 1.55 bits per heavy atom. The summed E-state index contributed by atoms with van der Waals surface area (Å²) in [5.41, 5.74) is 1.79. The lowest BCUT2D eigenvalue weighted by molar-refractivity contribution is -0.298. The largest absolute Gasteiger partial charge is 0.481 e. The average Bonchev–Trinajstić information content (AvgIpc) is 2.99. The van der Waals surface area contributed by atoms with Gasteiger partial charge in [-0.2, -0.15) is 0 Å². The predicted molar refractivity (Wildman–Crippen MR) is 185 cm³/mol. The molecule has 4 heterocycles. The second-order valence-electron chi connectivity index (χ2n) is 14.9. The van der Waals surface area contributed by atoms with E-state index >= 15 is 0 Å². The molecular weight excluding hydrogens is 596 g/mol. The summed E-state index contributed by atoms with van der Waals surface area (Å²) in [7, 11) is 0. The Morgan fingerprint density at radius 3 is 2.26 bits per heavy atom. The first kappa shape index (κ1) is 39.4. The summed E-state index contributed by atoms with van der Waals surface area (Å²) in [6.07, 6.45) is 19.5. The minimum Gasteiger partial charge on any atom is -0.481 e. The van der Waals surface area contributed by atoms with Crippen molar-refractivity contribution < 1.29 is 38.7 Å². The second-order valence-corrected chi connectivity index (χ2v) is 14.9. The van der Waals surface area contributed by atoms with Crippen LogP contribution in [0.15, 0.2) is 36.5 Å². The van der Waals surface area contributed by atoms with Gasteiger partial charge in [-0.1, -0.05) is 89.8 Å². The summed E-state index contributed by atoms with van der Waals surface area (Å²) in [5, 5.41) is 19.9. The molecule has 4 aliphatic heterocycles. The highest BCUT2D eigenvalue weighted by molar-refractivity contribution is 5.69. The highest BCUT2D eigenvalue weighted by Crippen LogP contribution is 2.43. The molecule has 2 N–H and O–H groups in total. The summed E-state index contributed by atoms with van der Waals surface area (Å²) in [4.78, 5) is 22.7. The van der Waals surface area contributed by atoms with Crippen molar-refractivity contribution in [3.05, 3.63) is 36.5 Å². The number of cyclic esters (lactones) is 1. The summed E-state index contributed by atoms with van der Waals surface area (Å²) in [6.45, 7) is 16.8. The molecule has 3 fully saturated rings. The lowest BCUT2D eigenvalue weighted by Crippen LogP contribution is -2.51. The van der Waals surface area contributed by atoms with Crippen LogP contribution in [0.1, 0.15) is 150 Å². The van der Waals surface area contributed by atoms with Crippen molar-refractivity contribution in [2.45, 2.75) is 192 Å². The van der Waals surface area contributed by atoms with E-state index in [-0.39, 0.29) is 42.6 Å². The van der Waals surface area contributed by atoms with Gasteiger partial charge in [-0.25, -0.2) is 0 Å². The van der Waals surface area contributed by atoms with Gasteiger partial charge in [0.25, 0.3) is 0 Å². The first-order valence-corrected chi connectivity index (χ1v) is 18.5. The number of rotatable bonds is 7. The minimum absolute atomic E-state index is 0.0421. The second kappa shape index (κ2) is 19.3. The molecule has 8 heteroatoms. The van der Waals surface area contributed by atoms with Crippen LogP contribution in [-0.4, -0.2) is 64.6 Å². The minimum atomic E-state index is -1.29. The van der Waals surface area contributed by atoms with Crippen LogP contribution >= 0.6 is 0 Å². The number of carboxylic acid groups (broad SMARTS) is 1. The number of aliphatic hydroxyl groups is 1. The number of carboxylic acids is 1. The van der Waals surface area contributed by atoms with E-state index in [2.05, 4.69) is 32.2 Å². The van der Waals surface area contributed by atoms with Gasteiger partial charge in [-0.05, 0) is 64.2 Å². The molecule has 0 aromatic heterocycles. The van der Waals surface area contributed by atoms with Gasteiger partial charge in [0.15, 0.2) is 5.79 Å². The number of aliphatic carboxylic acids is 1. The standard InChI is InChI=1S/C31H48O6.C8H16O2/c1-6-23-19-26-10-8-13-31(33,37-26)30(4,5)14-12-25-16-22(3)18-28(35-25)20-27-17-21(2)15-24(34-27)9-7-11-29(32)36-23;1-2-3-4-5-6-7-8(9)10/h12,14,23-28,33H,2-3,6-11,13,15-20H2,1,4-5H3;2-7H2,1H3,(H,9,10)/b14-12+;. The average molecular weight is 661 g/mol. The van der Waals surface area contributed by atoms with Crippen molar-refractivity contribution in [1.29, 1.82) is 0 Å². The van der Waals surface area contributed by atoms with Crippen molar-refractivity contribution in [2.24, 2.45) is 5.41 Å². The van der Waals surface area contributed by atoms with Crippen LogP contribution in [-0.2, 0) is 28.5 Å². The smallest absolute Gasteiger partial charge is 0.306 e. The fraction of sp³-hybridized carbons (Fsp3) is 0.795. The van der Waals surface area contributed by atoms with Gasteiger partial charge >= 0.3 is 11.9 Å². The summed E-state index contributed by atoms with van der Waals surface area (Å²) < 4.78 is 25.1. The number of ether oxygens (including phenoxy) is 4. The van der Waals surface area contributed by atoms with E-state index in [1.165, 1.54) is 30.4 Å². The number of unbranched alkanes of at least 4 members (excludes halogenated alkanes) is 4. The van der Waals surface area contributed by atoms with E-state index in [4.69, 9.17) is 24.1 Å². The number of hydrogen-bond donors (Lipinski definition) is 2. The van der Waals surface area contributed by atoms with Gasteiger partial charge in [0.05, 0.1) is 30.5 Å². The first-order chi connectivity index (χ1) is 22.3. The molecule has 4 rings (SSSR count). The molecule has 6 bridgehead atoms. The zero-order valence-electron chi connectivity index (χ0n) is 29.8. The van der Waals surface area contributed by atoms with Gasteiger partial charge in [-0.15, -0.1) is 0 Å². The number of esters is 1. The molecule has 0 radical (unpaired) electrons. The number of carbonyl (C=O) groups excluding carboxylic acids is 1. The summed E-state index contributed by atoms with van der Waals surface area (Å²) in [6, 6.07) is 0. The Bertz CT molecular complexity index is 1050. The highest BCUT2D eigenvalue weighted by atomic mass is 16.6. The normalized spacial score (nSPS) is 34.3. The fourth-order valence-electron chi connectivity index (χ4n) is 7.25. The molecule has 4 aliphatic rings. The van der Waals surface area contributed by atoms with E-state index in [9.17, 15) is 14.7 Å². The van der Waals surface area contributed by atoms with Crippen LogP contribution in [0.4, 0.5) is 0 Å². The van der Waals surface area contributed by atoms with Crippen molar-refractivity contribution in [1.82, 2.24) is 0 Å². The predicted octanol–water partition coefficient (Wildman–Crippen LogP) is 8.75. The summed E-state index contributed by atoms with van der Waals surface area (Å²) >= 11 is 0. The number of fused-ring (bicyclic) bond motifs is 6. The van der Waals surface area contributed by atoms with Gasteiger partial charge in [0.1, 0.15) is 6.10 Å². The van der Waals surface area contributed by atoms with Gasteiger partial charge in [0, 0.05) is 37.5 Å². The molecule has 0 saturated carbocycles. The monoisotopic (exact) mass is 660 g/mol. The van der Waals surface area contributed by atoms with Crippen LogP contribution in [0.2, 0.25) is 0 Å². The van der Waals surface area contributed by atoms with Gasteiger partial charge in [-0.3, -0.25) is 9.59 Å². The molecule has 3 saturated heterocycles. The number of carbonyl (C=O) groups is 2. The topological polar surface area (TPSA) is 112 Å². The Hall–Kier alpha value is -2.00. The first-order valence-electron chi connectivity index (χ1n) is 18.5. The Labute approximate surface area is 284 Å². The molecule has 0 aromatic rings. The molecule has 7 atom stereocenters. The zero-order valence-corrected chi connectivity index (χ0v) is 29.8. The molecule has 8 nitrogen and oxygen atoms in total. The molecule has 0 spiro atoms. The van der Waals surface area contributed by atoms with E-state index < -0.39 is 17.2 Å². The lowest BCUT2D eigenvalue weighted by atomic mass is 9.77. The maximum Gasteiger partial charge on any atom is 0.306 e. The van der Waals surface area contributed by atoms with Crippen LogP contribution in [0.25, 0.3) is 0 Å². The molecule has 0 amide bonds. The molecule has 7 unspecified atom stereocenters. The van der Waals surface area contributed by atoms with Crippen molar-refractivity contribution in [2.75, 3.05) is 0 Å². The lowest BCUT2D eigenvalue weighted by Gasteiger charge is -2.46. The quantitative estimate of drug-likeness (QED) is 0.158. The van der Waals surface area contributed by atoms with E-state index in [1.54, 1.807) is 0 Å². The fourth-order valence-corrected chi connectivity index (χ4v) is 7.25. The Kier molecular flexibility index (Phi) is 16.2. The Morgan fingerprint density at radius 1 is 0.894 bits per heavy atom. The Balaban J connectivity index is 0.000000520. The third-order valence-electron chi connectivity index (χ3n) is 10.1. The van der Waals surface area contributed by atoms with Gasteiger partial charge in [0.2, 0.25) is 0 Å². The van der Waals surface area contributed by atoms with Crippen molar-refractivity contribution in [3.63, 3.8) is 0 Å². The molecule has 47 heavy (non-hydrogen) atoms. The van der Waals surface area contributed by atoms with Gasteiger partial charge < -0.3 is 29.2 Å². The van der Waals surface area contributed by atoms with E-state index in [1.807, 2.05) is 20.8 Å². The van der Waals surface area contributed by atoms with Crippen LogP contribution in [0, 0.1) is 5.41 Å². The molecule has 0 aromatic carbocycles. The van der Waals surface area contributed by atoms with Crippen LogP contribution in [0.5, 0.6) is 0 Å². The van der Waals surface area contributed by atoms with E-state index in [0.29, 0.717) is 25.7 Å². The van der Waals surface area contributed by atoms with Crippen molar-refractivity contribution in [3.8, 4) is 0 Å². The SMILES string of the molecule is C=C1CC2/C=C/C(C)(C)C3(O)CCCC(CC(CC)OC(=O)CCCC4CC(=C)CC(CC(C1)O2)O4)O3.CCCCCCCC(=O)O. The number of hydrogen-bond acceptors (Lipinski definition) is 7. The van der Waals surface area contributed by atoms with Crippen molar-refractivity contribution >= 4 is 11.9 Å². The summed E-state index contributed by atoms with van der Waals surface area (Å²) in [5.74, 6) is -2.12. The molecule has 0 aliphatic carbocycles. The highest BCUT2D eigenvalue weighted by Gasteiger charge is 2.47. The molecule has 268 valence electrons. The third-order valence-corrected chi connectivity index (χ3v) is 10.1. The van der Waals surface area contributed by atoms with Crippen LogP contribution < -0.4 is 0 Å². The maximum absolute atomic E-state index is 12.7. The maximum atomic E-state index is 12.7. The third kappa shape index (κ3) is 13.4.